The third-order valence-electron chi connectivity index (χ3n) is 1.26. The smallest absolute Gasteiger partial charge is 0.548 e. The van der Waals surface area contributed by atoms with Gasteiger partial charge >= 0.3 is 51.4 Å². The zero-order valence-corrected chi connectivity index (χ0v) is 11.1. The summed E-state index contributed by atoms with van der Waals surface area (Å²) < 4.78 is 0. The molecule has 3 nitrogen and oxygen atoms in total. The third-order valence-corrected chi connectivity index (χ3v) is 1.50. The first-order valence-corrected chi connectivity index (χ1v) is 3.75. The second-order valence-corrected chi connectivity index (χ2v) is 2.67. The number of carbonyl (C=O) groups is 1. The standard InChI is InChI=1S/C8H8ClNO2.K/c9-6-2-1-3-7(4-6)10-5-8(11)12;/h1-4,10H,5H2,(H,11,12);/q;+1/p-1. The Morgan fingerprint density at radius 1 is 1.54 bits per heavy atom. The van der Waals surface area contributed by atoms with Crippen LogP contribution in [0, 0.1) is 0 Å². The summed E-state index contributed by atoms with van der Waals surface area (Å²) in [4.78, 5) is 10.1. The van der Waals surface area contributed by atoms with Gasteiger partial charge in [-0.1, -0.05) is 17.7 Å². The van der Waals surface area contributed by atoms with Crippen molar-refractivity contribution in [2.45, 2.75) is 0 Å². The second kappa shape index (κ2) is 6.81. The first-order valence-electron chi connectivity index (χ1n) is 3.38. The van der Waals surface area contributed by atoms with Crippen LogP contribution in [0.1, 0.15) is 0 Å². The number of carbonyl (C=O) groups excluding carboxylic acids is 1. The van der Waals surface area contributed by atoms with Gasteiger partial charge < -0.3 is 15.2 Å². The Morgan fingerprint density at radius 3 is 2.77 bits per heavy atom. The van der Waals surface area contributed by atoms with Gasteiger partial charge in [-0.25, -0.2) is 0 Å². The van der Waals surface area contributed by atoms with Gasteiger partial charge in [0.15, 0.2) is 0 Å². The number of anilines is 1. The van der Waals surface area contributed by atoms with E-state index in [2.05, 4.69) is 5.32 Å². The minimum atomic E-state index is -1.14. The summed E-state index contributed by atoms with van der Waals surface area (Å²) in [6.07, 6.45) is 0. The molecule has 1 aromatic rings. The Morgan fingerprint density at radius 2 is 2.23 bits per heavy atom. The van der Waals surface area contributed by atoms with Gasteiger partial charge in [0.05, 0.1) is 12.5 Å². The zero-order valence-electron chi connectivity index (χ0n) is 7.21. The molecule has 0 fully saturated rings. The normalized spacial score (nSPS) is 8.69. The van der Waals surface area contributed by atoms with Crippen LogP contribution in [-0.2, 0) is 4.79 Å². The average Bonchev–Trinajstić information content (AvgIpc) is 2.01. The molecule has 0 aromatic heterocycles. The van der Waals surface area contributed by atoms with Gasteiger partial charge in [0.25, 0.3) is 0 Å². The summed E-state index contributed by atoms with van der Waals surface area (Å²) in [7, 11) is 0. The SMILES string of the molecule is O=C([O-])CNc1cccc(Cl)c1.[K+]. The molecule has 64 valence electrons. The summed E-state index contributed by atoms with van der Waals surface area (Å²) in [5.41, 5.74) is 0.673. The number of rotatable bonds is 3. The molecule has 0 atom stereocenters. The van der Waals surface area contributed by atoms with Gasteiger partial charge in [-0.15, -0.1) is 0 Å². The van der Waals surface area contributed by atoms with E-state index in [1.165, 1.54) is 0 Å². The summed E-state index contributed by atoms with van der Waals surface area (Å²) in [5.74, 6) is -1.14. The number of hydrogen-bond acceptors (Lipinski definition) is 3. The topological polar surface area (TPSA) is 52.2 Å². The van der Waals surface area contributed by atoms with Crippen molar-refractivity contribution in [1.29, 1.82) is 0 Å². The van der Waals surface area contributed by atoms with Crippen LogP contribution in [0.3, 0.4) is 0 Å². The van der Waals surface area contributed by atoms with Crippen molar-refractivity contribution in [3.05, 3.63) is 29.3 Å². The first-order chi connectivity index (χ1) is 5.68. The van der Waals surface area contributed by atoms with E-state index in [0.29, 0.717) is 10.7 Å². The van der Waals surface area contributed by atoms with Gasteiger partial charge in [-0.05, 0) is 18.2 Å². The third kappa shape index (κ3) is 5.67. The summed E-state index contributed by atoms with van der Waals surface area (Å²) in [6, 6.07) is 6.82. The van der Waals surface area contributed by atoms with Crippen LogP contribution in [0.2, 0.25) is 5.02 Å². The molecule has 0 saturated carbocycles. The molecule has 0 unspecified atom stereocenters. The van der Waals surface area contributed by atoms with E-state index in [-0.39, 0.29) is 57.9 Å². The summed E-state index contributed by atoms with van der Waals surface area (Å²) in [6.45, 7) is -0.208. The van der Waals surface area contributed by atoms with Crippen molar-refractivity contribution in [3.8, 4) is 0 Å². The van der Waals surface area contributed by atoms with E-state index >= 15 is 0 Å². The van der Waals surface area contributed by atoms with E-state index < -0.39 is 5.97 Å². The number of carboxylic acid groups (broad SMARTS) is 1. The summed E-state index contributed by atoms with van der Waals surface area (Å²) in [5, 5.41) is 13.3. The maximum atomic E-state index is 10.1. The molecule has 1 aromatic carbocycles. The minimum absolute atomic E-state index is 0. The van der Waals surface area contributed by atoms with Crippen LogP contribution in [0.15, 0.2) is 24.3 Å². The number of halogens is 1. The van der Waals surface area contributed by atoms with Crippen LogP contribution in [0.5, 0.6) is 0 Å². The van der Waals surface area contributed by atoms with E-state index in [9.17, 15) is 9.90 Å². The minimum Gasteiger partial charge on any atom is -0.548 e. The fourth-order valence-corrected chi connectivity index (χ4v) is 0.963. The Balaban J connectivity index is 0.00000144. The molecule has 0 amide bonds. The molecule has 0 aliphatic carbocycles. The number of benzene rings is 1. The summed E-state index contributed by atoms with van der Waals surface area (Å²) >= 11 is 5.66. The van der Waals surface area contributed by atoms with Crippen LogP contribution in [-0.4, -0.2) is 12.5 Å². The predicted molar refractivity (Wildman–Crippen MR) is 44.9 cm³/mol. The van der Waals surface area contributed by atoms with Crippen molar-refractivity contribution < 1.29 is 61.3 Å². The van der Waals surface area contributed by atoms with Gasteiger partial charge in [0.2, 0.25) is 0 Å². The van der Waals surface area contributed by atoms with Crippen LogP contribution in [0.25, 0.3) is 0 Å². The molecule has 0 radical (unpaired) electrons. The quantitative estimate of drug-likeness (QED) is 0.577. The Bertz CT molecular complexity index is 293. The molecule has 1 rings (SSSR count). The maximum absolute atomic E-state index is 10.1. The molecule has 0 heterocycles. The average molecular weight is 224 g/mol. The molecule has 0 bridgehead atoms. The zero-order chi connectivity index (χ0) is 8.97. The molecule has 0 spiro atoms. The molecule has 0 saturated heterocycles. The fourth-order valence-electron chi connectivity index (χ4n) is 0.773. The van der Waals surface area contributed by atoms with E-state index in [1.54, 1.807) is 24.3 Å². The maximum Gasteiger partial charge on any atom is 1.00 e. The fraction of sp³-hybridized carbons (Fsp3) is 0.125. The Kier molecular flexibility index (Phi) is 7.03. The first kappa shape index (κ1) is 13.4. The van der Waals surface area contributed by atoms with Crippen molar-refractivity contribution in [2.24, 2.45) is 0 Å². The number of aliphatic carboxylic acids is 1. The van der Waals surface area contributed by atoms with E-state index in [1.807, 2.05) is 0 Å². The Hall–Kier alpha value is 0.416. The van der Waals surface area contributed by atoms with Gasteiger partial charge in [0.1, 0.15) is 0 Å². The van der Waals surface area contributed by atoms with Gasteiger partial charge in [-0.2, -0.15) is 0 Å². The van der Waals surface area contributed by atoms with Crippen molar-refractivity contribution >= 4 is 23.3 Å². The molecular formula is C8H7ClKNO2. The molecule has 0 aliphatic rings. The van der Waals surface area contributed by atoms with Crippen LogP contribution < -0.4 is 61.8 Å². The molecule has 0 aliphatic heterocycles. The number of hydrogen-bond donors (Lipinski definition) is 1. The molecule has 13 heavy (non-hydrogen) atoms. The van der Waals surface area contributed by atoms with E-state index in [4.69, 9.17) is 11.6 Å². The number of carboxylic acids is 1. The van der Waals surface area contributed by atoms with E-state index in [0.717, 1.165) is 0 Å². The second-order valence-electron chi connectivity index (χ2n) is 2.24. The van der Waals surface area contributed by atoms with Crippen LogP contribution >= 0.6 is 11.6 Å². The van der Waals surface area contributed by atoms with Crippen molar-refractivity contribution in [3.63, 3.8) is 0 Å². The monoisotopic (exact) mass is 223 g/mol. The number of nitrogens with one attached hydrogen (secondary N) is 1. The molecule has 5 heteroatoms. The van der Waals surface area contributed by atoms with Crippen LogP contribution in [0.4, 0.5) is 5.69 Å². The predicted octanol–water partition coefficient (Wildman–Crippen LogP) is -2.49. The Labute approximate surface area is 124 Å². The molecule has 1 N–H and O–H groups in total. The van der Waals surface area contributed by atoms with Gasteiger partial charge in [0, 0.05) is 10.7 Å². The van der Waals surface area contributed by atoms with Crippen molar-refractivity contribution in [2.75, 3.05) is 11.9 Å². The van der Waals surface area contributed by atoms with Gasteiger partial charge in [-0.3, -0.25) is 0 Å². The largest absolute Gasteiger partial charge is 1.00 e. The molecular weight excluding hydrogens is 217 g/mol. The van der Waals surface area contributed by atoms with Crippen molar-refractivity contribution in [1.82, 2.24) is 0 Å².